The van der Waals surface area contributed by atoms with Gasteiger partial charge < -0.3 is 4.90 Å². The second-order valence-corrected chi connectivity index (χ2v) is 5.85. The molecule has 7 nitrogen and oxygen atoms in total. The molecule has 7 heteroatoms. The maximum atomic E-state index is 12.6. The number of benzene rings is 1. The zero-order valence-electron chi connectivity index (χ0n) is 14.3. The molecule has 1 unspecified atom stereocenters. The van der Waals surface area contributed by atoms with Gasteiger partial charge in [0.2, 0.25) is 0 Å². The lowest BCUT2D eigenvalue weighted by molar-refractivity contribution is 0.0731. The number of carbonyl (C=O) groups excluding carboxylic acids is 1. The summed E-state index contributed by atoms with van der Waals surface area (Å²) in [7, 11) is 3.21. The van der Waals surface area contributed by atoms with E-state index in [1.54, 1.807) is 11.9 Å². The fourth-order valence-electron chi connectivity index (χ4n) is 2.49. The first-order valence-electron chi connectivity index (χ1n) is 7.89. The van der Waals surface area contributed by atoms with E-state index in [0.717, 1.165) is 21.6 Å². The predicted octanol–water partition coefficient (Wildman–Crippen LogP) is 2.00. The van der Waals surface area contributed by atoms with Gasteiger partial charge in [0, 0.05) is 25.7 Å². The van der Waals surface area contributed by atoms with E-state index in [9.17, 15) is 9.59 Å². The van der Waals surface area contributed by atoms with E-state index in [4.69, 9.17) is 0 Å². The number of carbonyl (C=O) groups is 1. The van der Waals surface area contributed by atoms with Crippen molar-refractivity contribution in [3.63, 3.8) is 0 Å². The lowest BCUT2D eigenvalue weighted by Gasteiger charge is -2.23. The Morgan fingerprint density at radius 3 is 2.60 bits per heavy atom. The van der Waals surface area contributed by atoms with Crippen molar-refractivity contribution in [2.45, 2.75) is 13.0 Å². The molecule has 3 aromatic rings. The predicted molar refractivity (Wildman–Crippen MR) is 94.0 cm³/mol. The minimum absolute atomic E-state index is 0.222. The molecule has 2 heterocycles. The quantitative estimate of drug-likeness (QED) is 0.789. The Bertz CT molecular complexity index is 945. The van der Waals surface area contributed by atoms with Crippen molar-refractivity contribution in [1.82, 2.24) is 24.9 Å². The van der Waals surface area contributed by atoms with Gasteiger partial charge in [0.25, 0.3) is 11.5 Å². The van der Waals surface area contributed by atoms with Crippen molar-refractivity contribution in [2.75, 3.05) is 7.05 Å². The molecule has 1 N–H and O–H groups in total. The molecular weight excluding hydrogens is 318 g/mol. The summed E-state index contributed by atoms with van der Waals surface area (Å²) < 4.78 is 1.15. The Morgan fingerprint density at radius 1 is 1.20 bits per heavy atom. The van der Waals surface area contributed by atoms with Crippen LogP contribution in [0.3, 0.4) is 0 Å². The third-order valence-corrected chi connectivity index (χ3v) is 4.20. The second-order valence-electron chi connectivity index (χ2n) is 5.85. The zero-order valence-corrected chi connectivity index (χ0v) is 14.3. The van der Waals surface area contributed by atoms with E-state index >= 15 is 0 Å². The summed E-state index contributed by atoms with van der Waals surface area (Å²) in [4.78, 5) is 25.6. The van der Waals surface area contributed by atoms with Gasteiger partial charge in [0.15, 0.2) is 0 Å². The largest absolute Gasteiger partial charge is 0.332 e. The van der Waals surface area contributed by atoms with Gasteiger partial charge >= 0.3 is 0 Å². The van der Waals surface area contributed by atoms with Crippen molar-refractivity contribution in [1.29, 1.82) is 0 Å². The molecule has 0 spiro atoms. The van der Waals surface area contributed by atoms with Gasteiger partial charge in [-0.3, -0.25) is 14.7 Å². The maximum absolute atomic E-state index is 12.6. The Morgan fingerprint density at radius 2 is 1.92 bits per heavy atom. The molecule has 1 amide bonds. The van der Waals surface area contributed by atoms with Crippen LogP contribution in [0.2, 0.25) is 0 Å². The second kappa shape index (κ2) is 6.72. The number of aromatic nitrogens is 4. The van der Waals surface area contributed by atoms with Crippen molar-refractivity contribution in [2.24, 2.45) is 7.05 Å². The highest BCUT2D eigenvalue weighted by molar-refractivity contribution is 5.92. The zero-order chi connectivity index (χ0) is 18.0. The van der Waals surface area contributed by atoms with Gasteiger partial charge in [-0.2, -0.15) is 10.2 Å². The monoisotopic (exact) mass is 337 g/mol. The minimum Gasteiger partial charge on any atom is -0.332 e. The summed E-state index contributed by atoms with van der Waals surface area (Å²) in [5.41, 5.74) is 2.61. The normalized spacial score (nSPS) is 12.0. The van der Waals surface area contributed by atoms with Gasteiger partial charge in [-0.05, 0) is 19.1 Å². The van der Waals surface area contributed by atoms with E-state index in [1.165, 1.54) is 19.2 Å². The summed E-state index contributed by atoms with van der Waals surface area (Å²) in [6.07, 6.45) is 0. The Kier molecular flexibility index (Phi) is 4.47. The minimum atomic E-state index is -0.265. The van der Waals surface area contributed by atoms with Gasteiger partial charge in [-0.1, -0.05) is 30.3 Å². The third-order valence-electron chi connectivity index (χ3n) is 4.20. The van der Waals surface area contributed by atoms with Crippen LogP contribution >= 0.6 is 0 Å². The number of nitrogens with zero attached hydrogens (tertiary/aromatic N) is 4. The van der Waals surface area contributed by atoms with Crippen LogP contribution in [0.1, 0.15) is 29.1 Å². The SMILES string of the molecule is CC(c1cc(-c2ccccc2)n[nH]1)N(C)C(=O)c1ccc(=O)n(C)n1. The summed E-state index contributed by atoms with van der Waals surface area (Å²) in [5, 5.41) is 11.3. The van der Waals surface area contributed by atoms with Crippen LogP contribution in [-0.2, 0) is 7.05 Å². The number of hydrogen-bond donors (Lipinski definition) is 1. The number of aryl methyl sites for hydroxylation is 1. The highest BCUT2D eigenvalue weighted by atomic mass is 16.2. The van der Waals surface area contributed by atoms with Crippen molar-refractivity contribution in [3.8, 4) is 11.3 Å². The van der Waals surface area contributed by atoms with Crippen LogP contribution in [0.15, 0.2) is 53.3 Å². The number of aromatic amines is 1. The van der Waals surface area contributed by atoms with Gasteiger partial charge in [0.05, 0.1) is 17.4 Å². The fourth-order valence-corrected chi connectivity index (χ4v) is 2.49. The molecular formula is C18H19N5O2. The summed E-state index contributed by atoms with van der Waals surface area (Å²) in [5.74, 6) is -0.265. The van der Waals surface area contributed by atoms with Gasteiger partial charge in [-0.25, -0.2) is 4.68 Å². The van der Waals surface area contributed by atoms with Crippen molar-refractivity contribution in [3.05, 3.63) is 70.3 Å². The van der Waals surface area contributed by atoms with E-state index < -0.39 is 0 Å². The summed E-state index contributed by atoms with van der Waals surface area (Å²) in [6.45, 7) is 1.90. The molecule has 3 rings (SSSR count). The van der Waals surface area contributed by atoms with E-state index in [0.29, 0.717) is 0 Å². The number of amides is 1. The molecule has 0 radical (unpaired) electrons. The van der Waals surface area contributed by atoms with Gasteiger partial charge in [0.1, 0.15) is 5.69 Å². The van der Waals surface area contributed by atoms with Crippen LogP contribution < -0.4 is 5.56 Å². The average Bonchev–Trinajstić information content (AvgIpc) is 3.13. The van der Waals surface area contributed by atoms with Crippen molar-refractivity contribution >= 4 is 5.91 Å². The molecule has 0 saturated heterocycles. The fraction of sp³-hybridized carbons (Fsp3) is 0.222. The molecule has 2 aromatic heterocycles. The lowest BCUT2D eigenvalue weighted by Crippen LogP contribution is -2.32. The Hall–Kier alpha value is -3.22. The molecule has 0 saturated carbocycles. The van der Waals surface area contributed by atoms with Crippen LogP contribution in [0.5, 0.6) is 0 Å². The highest BCUT2D eigenvalue weighted by Gasteiger charge is 2.22. The van der Waals surface area contributed by atoms with Gasteiger partial charge in [-0.15, -0.1) is 0 Å². The molecule has 1 aromatic carbocycles. The molecule has 0 fully saturated rings. The number of H-pyrrole nitrogens is 1. The third kappa shape index (κ3) is 3.35. The molecule has 1 atom stereocenters. The van der Waals surface area contributed by atoms with E-state index in [2.05, 4.69) is 15.3 Å². The number of nitrogens with one attached hydrogen (secondary N) is 1. The Labute approximate surface area is 144 Å². The molecule has 0 aliphatic heterocycles. The topological polar surface area (TPSA) is 83.9 Å². The molecule has 0 aliphatic rings. The maximum Gasteiger partial charge on any atom is 0.274 e. The van der Waals surface area contributed by atoms with Crippen LogP contribution in [0.4, 0.5) is 0 Å². The molecule has 128 valence electrons. The number of hydrogen-bond acceptors (Lipinski definition) is 4. The van der Waals surface area contributed by atoms with E-state index in [-0.39, 0.29) is 23.2 Å². The number of rotatable bonds is 4. The van der Waals surface area contributed by atoms with Crippen molar-refractivity contribution < 1.29 is 4.79 Å². The smallest absolute Gasteiger partial charge is 0.274 e. The summed E-state index contributed by atoms with van der Waals surface area (Å²) in [6, 6.07) is 14.3. The van der Waals surface area contributed by atoms with Crippen LogP contribution in [-0.4, -0.2) is 37.8 Å². The van der Waals surface area contributed by atoms with E-state index in [1.807, 2.05) is 43.3 Å². The van der Waals surface area contributed by atoms with Crippen LogP contribution in [0.25, 0.3) is 11.3 Å². The lowest BCUT2D eigenvalue weighted by atomic mass is 10.1. The molecule has 0 aliphatic carbocycles. The Balaban J connectivity index is 1.81. The standard InChI is InChI=1S/C18H19N5O2/c1-12(15-11-16(20-19-15)13-7-5-4-6-8-13)22(2)18(25)14-9-10-17(24)23(3)21-14/h4-12H,1-3H3,(H,19,20). The average molecular weight is 337 g/mol. The first kappa shape index (κ1) is 16.6. The first-order chi connectivity index (χ1) is 12.0. The molecule has 25 heavy (non-hydrogen) atoms. The van der Waals surface area contributed by atoms with Crippen LogP contribution in [0, 0.1) is 0 Å². The summed E-state index contributed by atoms with van der Waals surface area (Å²) >= 11 is 0. The molecule has 0 bridgehead atoms. The highest BCUT2D eigenvalue weighted by Crippen LogP contribution is 2.23. The first-order valence-corrected chi connectivity index (χ1v) is 7.89.